The van der Waals surface area contributed by atoms with E-state index in [-0.39, 0.29) is 11.9 Å². The van der Waals surface area contributed by atoms with Crippen LogP contribution in [0.25, 0.3) is 0 Å². The first-order chi connectivity index (χ1) is 7.22. The standard InChI is InChI=1S/C11H14N2O2/c1-3-4-8-11(14)13-10(12-8)9-7(2)5-6-15-9/h5-6,8H,3-4H2,1-2H3,(H,12,13,14). The molecule has 1 aromatic rings. The molecular weight excluding hydrogens is 192 g/mol. The maximum atomic E-state index is 11.5. The fourth-order valence-corrected chi connectivity index (χ4v) is 1.65. The Hall–Kier alpha value is -1.58. The van der Waals surface area contributed by atoms with Crippen LogP contribution in [0.2, 0.25) is 0 Å². The Morgan fingerprint density at radius 3 is 3.00 bits per heavy atom. The fraction of sp³-hybridized carbons (Fsp3) is 0.455. The van der Waals surface area contributed by atoms with E-state index in [1.54, 1.807) is 6.26 Å². The molecule has 4 heteroatoms. The van der Waals surface area contributed by atoms with Crippen molar-refractivity contribution in [1.82, 2.24) is 5.32 Å². The number of carbonyl (C=O) groups excluding carboxylic acids is 1. The van der Waals surface area contributed by atoms with Crippen LogP contribution < -0.4 is 5.32 Å². The molecule has 0 saturated carbocycles. The third-order valence-corrected chi connectivity index (χ3v) is 2.47. The van der Waals surface area contributed by atoms with Crippen molar-refractivity contribution in [3.63, 3.8) is 0 Å². The average Bonchev–Trinajstić information content (AvgIpc) is 2.75. The predicted octanol–water partition coefficient (Wildman–Crippen LogP) is 1.63. The topological polar surface area (TPSA) is 54.6 Å². The van der Waals surface area contributed by atoms with Gasteiger partial charge in [0.15, 0.2) is 11.6 Å². The molecule has 1 aliphatic rings. The van der Waals surface area contributed by atoms with Gasteiger partial charge in [-0.2, -0.15) is 0 Å². The average molecular weight is 206 g/mol. The number of aryl methyl sites for hydroxylation is 1. The Bertz CT molecular complexity index is 406. The number of nitrogens with one attached hydrogen (secondary N) is 1. The molecule has 1 unspecified atom stereocenters. The number of amides is 1. The second-order valence-electron chi connectivity index (χ2n) is 3.70. The van der Waals surface area contributed by atoms with E-state index in [1.807, 2.05) is 19.9 Å². The maximum absolute atomic E-state index is 11.5. The third-order valence-electron chi connectivity index (χ3n) is 2.47. The van der Waals surface area contributed by atoms with Gasteiger partial charge in [0.25, 0.3) is 0 Å². The first-order valence-corrected chi connectivity index (χ1v) is 5.15. The van der Waals surface area contributed by atoms with E-state index in [9.17, 15) is 4.79 Å². The lowest BCUT2D eigenvalue weighted by atomic mass is 10.2. The molecule has 0 aromatic carbocycles. The third kappa shape index (κ3) is 1.79. The van der Waals surface area contributed by atoms with Crippen LogP contribution in [-0.4, -0.2) is 17.8 Å². The first kappa shape index (κ1) is 9.96. The van der Waals surface area contributed by atoms with E-state index < -0.39 is 0 Å². The fourth-order valence-electron chi connectivity index (χ4n) is 1.65. The second kappa shape index (κ2) is 3.88. The monoisotopic (exact) mass is 206 g/mol. The lowest BCUT2D eigenvalue weighted by Crippen LogP contribution is -2.29. The molecule has 0 bridgehead atoms. The van der Waals surface area contributed by atoms with Gasteiger partial charge >= 0.3 is 0 Å². The van der Waals surface area contributed by atoms with E-state index in [2.05, 4.69) is 10.3 Å². The Morgan fingerprint density at radius 2 is 2.40 bits per heavy atom. The molecule has 2 rings (SSSR count). The molecule has 1 aliphatic heterocycles. The van der Waals surface area contributed by atoms with Gasteiger partial charge in [-0.05, 0) is 25.0 Å². The minimum absolute atomic E-state index is 0.0253. The first-order valence-electron chi connectivity index (χ1n) is 5.15. The van der Waals surface area contributed by atoms with Crippen molar-refractivity contribution in [3.05, 3.63) is 23.7 Å². The van der Waals surface area contributed by atoms with Gasteiger partial charge in [-0.15, -0.1) is 0 Å². The van der Waals surface area contributed by atoms with Crippen LogP contribution >= 0.6 is 0 Å². The van der Waals surface area contributed by atoms with Crippen molar-refractivity contribution in [2.45, 2.75) is 32.7 Å². The molecule has 1 amide bonds. The summed E-state index contributed by atoms with van der Waals surface area (Å²) in [4.78, 5) is 15.8. The number of rotatable bonds is 3. The van der Waals surface area contributed by atoms with Crippen LogP contribution in [-0.2, 0) is 4.79 Å². The summed E-state index contributed by atoms with van der Waals surface area (Å²) in [5, 5.41) is 2.75. The van der Waals surface area contributed by atoms with Crippen molar-refractivity contribution < 1.29 is 9.21 Å². The molecule has 80 valence electrons. The van der Waals surface area contributed by atoms with E-state index in [4.69, 9.17) is 4.42 Å². The van der Waals surface area contributed by atoms with Crippen molar-refractivity contribution in [2.24, 2.45) is 4.99 Å². The number of carbonyl (C=O) groups is 1. The molecule has 2 heterocycles. The van der Waals surface area contributed by atoms with Crippen molar-refractivity contribution in [1.29, 1.82) is 0 Å². The zero-order valence-electron chi connectivity index (χ0n) is 8.91. The summed E-state index contributed by atoms with van der Waals surface area (Å²) in [5.74, 6) is 1.21. The van der Waals surface area contributed by atoms with Crippen LogP contribution in [0.3, 0.4) is 0 Å². The van der Waals surface area contributed by atoms with Crippen molar-refractivity contribution in [2.75, 3.05) is 0 Å². The summed E-state index contributed by atoms with van der Waals surface area (Å²) in [5.41, 5.74) is 0.992. The lowest BCUT2D eigenvalue weighted by Gasteiger charge is -1.99. The maximum Gasteiger partial charge on any atom is 0.250 e. The van der Waals surface area contributed by atoms with Gasteiger partial charge in [-0.25, -0.2) is 0 Å². The molecule has 1 aromatic heterocycles. The molecule has 1 atom stereocenters. The molecule has 0 aliphatic carbocycles. The number of amidine groups is 1. The largest absolute Gasteiger partial charge is 0.461 e. The van der Waals surface area contributed by atoms with Gasteiger partial charge in [-0.1, -0.05) is 13.3 Å². The van der Waals surface area contributed by atoms with E-state index in [1.165, 1.54) is 0 Å². The van der Waals surface area contributed by atoms with Gasteiger partial charge < -0.3 is 9.73 Å². The second-order valence-corrected chi connectivity index (χ2v) is 3.70. The summed E-state index contributed by atoms with van der Waals surface area (Å²) in [7, 11) is 0. The highest BCUT2D eigenvalue weighted by Gasteiger charge is 2.27. The zero-order valence-corrected chi connectivity index (χ0v) is 8.91. The summed E-state index contributed by atoms with van der Waals surface area (Å²) in [6.07, 6.45) is 3.34. The van der Waals surface area contributed by atoms with E-state index in [0.717, 1.165) is 18.4 Å². The van der Waals surface area contributed by atoms with Gasteiger partial charge in [0.2, 0.25) is 5.91 Å². The minimum Gasteiger partial charge on any atom is -0.461 e. The zero-order chi connectivity index (χ0) is 10.8. The van der Waals surface area contributed by atoms with Crippen LogP contribution in [0, 0.1) is 6.92 Å². The van der Waals surface area contributed by atoms with Gasteiger partial charge in [0.1, 0.15) is 6.04 Å². The van der Waals surface area contributed by atoms with Gasteiger partial charge in [0, 0.05) is 0 Å². The van der Waals surface area contributed by atoms with Crippen LogP contribution in [0.5, 0.6) is 0 Å². The highest BCUT2D eigenvalue weighted by Crippen LogP contribution is 2.15. The summed E-state index contributed by atoms with van der Waals surface area (Å²) < 4.78 is 5.28. The molecular formula is C11H14N2O2. The number of furan rings is 1. The highest BCUT2D eigenvalue weighted by molar-refractivity contribution is 6.12. The van der Waals surface area contributed by atoms with Gasteiger partial charge in [0.05, 0.1) is 6.26 Å². The van der Waals surface area contributed by atoms with Crippen LogP contribution in [0.15, 0.2) is 21.7 Å². The minimum atomic E-state index is -0.241. The SMILES string of the molecule is CCCC1N=C(c2occc2C)NC1=O. The molecule has 0 spiro atoms. The number of nitrogens with zero attached hydrogens (tertiary/aromatic N) is 1. The predicted molar refractivity (Wildman–Crippen MR) is 56.8 cm³/mol. The van der Waals surface area contributed by atoms with Crippen molar-refractivity contribution in [3.8, 4) is 0 Å². The Balaban J connectivity index is 2.22. The lowest BCUT2D eigenvalue weighted by molar-refractivity contribution is -0.120. The molecule has 0 saturated heterocycles. The summed E-state index contributed by atoms with van der Waals surface area (Å²) in [6.45, 7) is 3.97. The van der Waals surface area contributed by atoms with Gasteiger partial charge in [-0.3, -0.25) is 9.79 Å². The Labute approximate surface area is 88.4 Å². The summed E-state index contributed by atoms with van der Waals surface area (Å²) in [6, 6.07) is 1.62. The normalized spacial score (nSPS) is 20.3. The Morgan fingerprint density at radius 1 is 1.60 bits per heavy atom. The number of hydrogen-bond acceptors (Lipinski definition) is 3. The number of hydrogen-bond donors (Lipinski definition) is 1. The molecule has 1 N–H and O–H groups in total. The van der Waals surface area contributed by atoms with Crippen LogP contribution in [0.1, 0.15) is 31.1 Å². The van der Waals surface area contributed by atoms with Crippen LogP contribution in [0.4, 0.5) is 0 Å². The quantitative estimate of drug-likeness (QED) is 0.817. The highest BCUT2D eigenvalue weighted by atomic mass is 16.3. The molecule has 4 nitrogen and oxygen atoms in total. The van der Waals surface area contributed by atoms with E-state index in [0.29, 0.717) is 11.6 Å². The van der Waals surface area contributed by atoms with Crippen molar-refractivity contribution >= 4 is 11.7 Å². The van der Waals surface area contributed by atoms with E-state index >= 15 is 0 Å². The summed E-state index contributed by atoms with van der Waals surface area (Å²) >= 11 is 0. The molecule has 0 fully saturated rings. The smallest absolute Gasteiger partial charge is 0.250 e. The molecule has 15 heavy (non-hydrogen) atoms. The molecule has 0 radical (unpaired) electrons. The Kier molecular flexibility index (Phi) is 2.58. The number of aliphatic imine (C=N–C) groups is 1.